The first kappa shape index (κ1) is 28.8. The second kappa shape index (κ2) is 12.8. The molecular formula is C28H34F4N4O3. The van der Waals surface area contributed by atoms with Crippen LogP contribution in [0.4, 0.5) is 23.4 Å². The van der Waals surface area contributed by atoms with Crippen LogP contribution in [0.1, 0.15) is 60.9 Å². The quantitative estimate of drug-likeness (QED) is 0.250. The predicted molar refractivity (Wildman–Crippen MR) is 138 cm³/mol. The normalized spacial score (nSPS) is 15.9. The van der Waals surface area contributed by atoms with E-state index < -0.39 is 41.9 Å². The number of amides is 1. The van der Waals surface area contributed by atoms with Crippen LogP contribution in [0, 0.1) is 5.82 Å². The largest absolute Gasteiger partial charge is 0.480 e. The Hall–Kier alpha value is -3.21. The number of fused-ring (bicyclic) bond motifs is 1. The molecule has 1 aliphatic heterocycles. The van der Waals surface area contributed by atoms with E-state index in [1.807, 2.05) is 0 Å². The number of nitrogens with one attached hydrogen (secondary N) is 2. The molecule has 0 unspecified atom stereocenters. The van der Waals surface area contributed by atoms with E-state index in [0.717, 1.165) is 75.6 Å². The molecular weight excluding hydrogens is 516 g/mol. The Labute approximate surface area is 225 Å². The summed E-state index contributed by atoms with van der Waals surface area (Å²) in [6.45, 7) is 2.22. The van der Waals surface area contributed by atoms with Gasteiger partial charge in [-0.25, -0.2) is 14.2 Å². The van der Waals surface area contributed by atoms with Gasteiger partial charge in [-0.15, -0.1) is 0 Å². The highest BCUT2D eigenvalue weighted by molar-refractivity contribution is 5.84. The van der Waals surface area contributed by atoms with E-state index in [1.54, 1.807) is 0 Å². The molecule has 0 saturated heterocycles. The highest BCUT2D eigenvalue weighted by Crippen LogP contribution is 2.31. The Bertz CT molecular complexity index is 1170. The lowest BCUT2D eigenvalue weighted by Crippen LogP contribution is -2.44. The minimum atomic E-state index is -4.75. The van der Waals surface area contributed by atoms with E-state index in [0.29, 0.717) is 24.7 Å². The summed E-state index contributed by atoms with van der Waals surface area (Å²) in [5, 5.41) is 15.4. The molecule has 39 heavy (non-hydrogen) atoms. The smallest absolute Gasteiger partial charge is 0.416 e. The molecule has 1 aliphatic carbocycles. The zero-order valence-electron chi connectivity index (χ0n) is 21.7. The van der Waals surface area contributed by atoms with Gasteiger partial charge in [0.25, 0.3) is 0 Å². The van der Waals surface area contributed by atoms with Gasteiger partial charge in [0.15, 0.2) is 0 Å². The lowest BCUT2D eigenvalue weighted by molar-refractivity contribution is -0.142. The fourth-order valence-corrected chi connectivity index (χ4v) is 4.94. The van der Waals surface area contributed by atoms with E-state index >= 15 is 0 Å². The number of carbonyl (C=O) groups excluding carboxylic acids is 1. The summed E-state index contributed by atoms with van der Waals surface area (Å²) >= 11 is 0. The molecule has 0 bridgehead atoms. The number of rotatable bonds is 13. The number of unbranched alkanes of at least 4 members (excludes halogenated alkanes) is 1. The van der Waals surface area contributed by atoms with Crippen LogP contribution in [0.5, 0.6) is 0 Å². The number of benzene rings is 1. The second-order valence-corrected chi connectivity index (χ2v) is 10.3. The first-order valence-electron chi connectivity index (χ1n) is 13.4. The van der Waals surface area contributed by atoms with Crippen LogP contribution in [-0.2, 0) is 35.0 Å². The molecule has 0 spiro atoms. The van der Waals surface area contributed by atoms with Gasteiger partial charge in [0.2, 0.25) is 5.91 Å². The van der Waals surface area contributed by atoms with Gasteiger partial charge < -0.3 is 20.6 Å². The van der Waals surface area contributed by atoms with Gasteiger partial charge in [-0.05, 0) is 93.3 Å². The van der Waals surface area contributed by atoms with Crippen molar-refractivity contribution in [2.75, 3.05) is 25.0 Å². The summed E-state index contributed by atoms with van der Waals surface area (Å²) in [5.41, 5.74) is 0.939. The van der Waals surface area contributed by atoms with Crippen molar-refractivity contribution < 1.29 is 32.3 Å². The SMILES string of the molecule is O=C(Cc1cc(F)cc(C(F)(F)F)c1)N[C@@H](CCN(CCCCc1ccc2c(n1)NCCC2)C1CC1)C(=O)O. The van der Waals surface area contributed by atoms with Gasteiger partial charge in [0, 0.05) is 24.8 Å². The maximum Gasteiger partial charge on any atom is 0.416 e. The number of carboxylic acids is 1. The van der Waals surface area contributed by atoms with Crippen molar-refractivity contribution in [1.29, 1.82) is 0 Å². The molecule has 3 N–H and O–H groups in total. The van der Waals surface area contributed by atoms with E-state index in [2.05, 4.69) is 27.7 Å². The molecule has 1 aromatic heterocycles. The van der Waals surface area contributed by atoms with Gasteiger partial charge in [0.1, 0.15) is 17.7 Å². The first-order chi connectivity index (χ1) is 18.6. The molecule has 0 radical (unpaired) electrons. The number of carbonyl (C=O) groups is 2. The summed E-state index contributed by atoms with van der Waals surface area (Å²) in [5.74, 6) is -2.12. The van der Waals surface area contributed by atoms with Crippen LogP contribution in [0.25, 0.3) is 0 Å². The molecule has 2 aromatic rings. The molecule has 1 amide bonds. The monoisotopic (exact) mass is 550 g/mol. The number of hydrogen-bond acceptors (Lipinski definition) is 5. The van der Waals surface area contributed by atoms with Gasteiger partial charge in [-0.3, -0.25) is 4.79 Å². The number of carboxylic acid groups (broad SMARTS) is 1. The minimum absolute atomic E-state index is 0.159. The van der Waals surface area contributed by atoms with Crippen molar-refractivity contribution in [1.82, 2.24) is 15.2 Å². The zero-order chi connectivity index (χ0) is 28.0. The molecule has 7 nitrogen and oxygen atoms in total. The maximum atomic E-state index is 13.6. The molecule has 1 aromatic carbocycles. The van der Waals surface area contributed by atoms with Crippen LogP contribution in [0.15, 0.2) is 30.3 Å². The number of alkyl halides is 3. The Morgan fingerprint density at radius 3 is 2.67 bits per heavy atom. The molecule has 1 atom stereocenters. The molecule has 212 valence electrons. The summed E-state index contributed by atoms with van der Waals surface area (Å²) in [6, 6.07) is 5.33. The molecule has 1 saturated carbocycles. The minimum Gasteiger partial charge on any atom is -0.480 e. The van der Waals surface area contributed by atoms with Crippen molar-refractivity contribution in [2.24, 2.45) is 0 Å². The third kappa shape index (κ3) is 8.64. The number of pyridine rings is 1. The van der Waals surface area contributed by atoms with E-state index in [-0.39, 0.29) is 12.0 Å². The van der Waals surface area contributed by atoms with E-state index in [1.165, 1.54) is 5.56 Å². The van der Waals surface area contributed by atoms with E-state index in [4.69, 9.17) is 4.98 Å². The van der Waals surface area contributed by atoms with Gasteiger partial charge in [-0.1, -0.05) is 6.07 Å². The summed E-state index contributed by atoms with van der Waals surface area (Å²) in [6.07, 6.45) is 1.84. The third-order valence-corrected chi connectivity index (χ3v) is 7.13. The Balaban J connectivity index is 1.24. The lowest BCUT2D eigenvalue weighted by atomic mass is 10.1. The first-order valence-corrected chi connectivity index (χ1v) is 13.4. The fourth-order valence-electron chi connectivity index (χ4n) is 4.94. The second-order valence-electron chi connectivity index (χ2n) is 10.3. The summed E-state index contributed by atoms with van der Waals surface area (Å²) < 4.78 is 52.5. The molecule has 11 heteroatoms. The van der Waals surface area contributed by atoms with Crippen molar-refractivity contribution in [2.45, 2.75) is 76.0 Å². The van der Waals surface area contributed by atoms with E-state index in [9.17, 15) is 32.3 Å². The van der Waals surface area contributed by atoms with Gasteiger partial charge >= 0.3 is 12.1 Å². The highest BCUT2D eigenvalue weighted by Gasteiger charge is 2.32. The molecule has 1 fully saturated rings. The predicted octanol–water partition coefficient (Wildman–Crippen LogP) is 4.59. The number of aryl methyl sites for hydroxylation is 2. The zero-order valence-corrected chi connectivity index (χ0v) is 21.7. The topological polar surface area (TPSA) is 94.6 Å². The van der Waals surface area contributed by atoms with Crippen LogP contribution in [-0.4, -0.2) is 58.6 Å². The fraction of sp³-hybridized carbons (Fsp3) is 0.536. The maximum absolute atomic E-state index is 13.6. The average Bonchev–Trinajstić information content (AvgIpc) is 3.72. The number of hydrogen-bond donors (Lipinski definition) is 3. The van der Waals surface area contributed by atoms with Crippen LogP contribution in [0.2, 0.25) is 0 Å². The van der Waals surface area contributed by atoms with Crippen LogP contribution >= 0.6 is 0 Å². The molecule has 4 rings (SSSR count). The number of anilines is 1. The van der Waals surface area contributed by atoms with Crippen molar-refractivity contribution >= 4 is 17.7 Å². The highest BCUT2D eigenvalue weighted by atomic mass is 19.4. The lowest BCUT2D eigenvalue weighted by Gasteiger charge is -2.24. The summed E-state index contributed by atoms with van der Waals surface area (Å²) in [4.78, 5) is 31.2. The average molecular weight is 551 g/mol. The number of aromatic nitrogens is 1. The summed E-state index contributed by atoms with van der Waals surface area (Å²) in [7, 11) is 0. The number of aliphatic carboxylic acids is 1. The Kier molecular flexibility index (Phi) is 9.42. The Morgan fingerprint density at radius 2 is 1.95 bits per heavy atom. The van der Waals surface area contributed by atoms with Gasteiger partial charge in [-0.2, -0.15) is 13.2 Å². The van der Waals surface area contributed by atoms with Crippen molar-refractivity contribution in [3.63, 3.8) is 0 Å². The van der Waals surface area contributed by atoms with Gasteiger partial charge in [0.05, 0.1) is 12.0 Å². The number of nitrogens with zero attached hydrogens (tertiary/aromatic N) is 2. The van der Waals surface area contributed by atoms with Crippen molar-refractivity contribution in [3.8, 4) is 0 Å². The Morgan fingerprint density at radius 1 is 1.15 bits per heavy atom. The molecule has 2 heterocycles. The number of halogens is 4. The van der Waals surface area contributed by atoms with Crippen LogP contribution < -0.4 is 10.6 Å². The molecule has 2 aliphatic rings. The van der Waals surface area contributed by atoms with Crippen molar-refractivity contribution in [3.05, 3.63) is 58.5 Å². The standard InChI is InChI=1S/C28H34F4N4O3/c29-21-15-18(14-20(17-21)28(30,31)32)16-25(37)35-24(27(38)39)10-13-36(23-8-9-23)12-2-1-5-22-7-6-19-4-3-11-33-26(19)34-22/h6-7,14-15,17,23-24H,1-5,8-13,16H2,(H,33,34)(H,35,37)(H,38,39)/t24-/m0/s1. The third-order valence-electron chi connectivity index (χ3n) is 7.13. The van der Waals surface area contributed by atoms with Crippen LogP contribution in [0.3, 0.4) is 0 Å².